The summed E-state index contributed by atoms with van der Waals surface area (Å²) in [6, 6.07) is -0.135. The Kier molecular flexibility index (Phi) is 4.85. The molecule has 1 unspecified atom stereocenters. The number of hydrogen-bond acceptors (Lipinski definition) is 5. The Morgan fingerprint density at radius 3 is 2.65 bits per heavy atom. The summed E-state index contributed by atoms with van der Waals surface area (Å²) < 4.78 is 37.3. The highest BCUT2D eigenvalue weighted by molar-refractivity contribution is 7.15. The molecule has 1 fully saturated rings. The normalized spacial score (nSPS) is 21.4. The highest BCUT2D eigenvalue weighted by atomic mass is 32.1. The molecular weight excluding hydrogens is 289 g/mol. The van der Waals surface area contributed by atoms with Gasteiger partial charge in [-0.25, -0.2) is 0 Å². The van der Waals surface area contributed by atoms with E-state index in [0.717, 1.165) is 23.0 Å². The maximum atomic E-state index is 12.4. The van der Waals surface area contributed by atoms with Crippen LogP contribution in [0.5, 0.6) is 0 Å². The summed E-state index contributed by atoms with van der Waals surface area (Å²) in [6.07, 6.45) is -2.21. The number of aryl methyl sites for hydroxylation is 1. The third kappa shape index (κ3) is 4.05. The van der Waals surface area contributed by atoms with Gasteiger partial charge in [-0.2, -0.15) is 13.2 Å². The van der Waals surface area contributed by atoms with Crippen LogP contribution in [0.1, 0.15) is 25.3 Å². The van der Waals surface area contributed by atoms with Crippen LogP contribution in [0.2, 0.25) is 0 Å². The first-order chi connectivity index (χ1) is 9.39. The molecule has 2 heterocycles. The van der Waals surface area contributed by atoms with Gasteiger partial charge in [0.15, 0.2) is 0 Å². The fourth-order valence-electron chi connectivity index (χ4n) is 2.32. The topological polar surface area (TPSA) is 32.3 Å². The number of rotatable bonds is 4. The lowest BCUT2D eigenvalue weighted by atomic mass is 10.2. The van der Waals surface area contributed by atoms with E-state index in [1.54, 1.807) is 11.3 Å². The lowest BCUT2D eigenvalue weighted by Gasteiger charge is -2.39. The second kappa shape index (κ2) is 6.26. The van der Waals surface area contributed by atoms with E-state index in [1.165, 1.54) is 4.90 Å². The molecule has 0 amide bonds. The van der Waals surface area contributed by atoms with Gasteiger partial charge in [-0.05, 0) is 13.3 Å². The molecule has 1 aromatic rings. The van der Waals surface area contributed by atoms with Crippen molar-refractivity contribution in [2.75, 3.05) is 31.1 Å². The number of halogens is 3. The summed E-state index contributed by atoms with van der Waals surface area (Å²) in [4.78, 5) is 3.51. The fraction of sp³-hybridized carbons (Fsp3) is 0.833. The minimum Gasteiger partial charge on any atom is -0.344 e. The first-order valence-electron chi connectivity index (χ1n) is 6.77. The van der Waals surface area contributed by atoms with E-state index in [2.05, 4.69) is 17.1 Å². The minimum atomic E-state index is -4.13. The van der Waals surface area contributed by atoms with Crippen molar-refractivity contribution in [2.24, 2.45) is 0 Å². The van der Waals surface area contributed by atoms with Crippen LogP contribution in [0, 0.1) is 0 Å². The zero-order valence-corrected chi connectivity index (χ0v) is 12.5. The van der Waals surface area contributed by atoms with E-state index in [1.807, 2.05) is 11.8 Å². The van der Waals surface area contributed by atoms with Crippen molar-refractivity contribution in [3.63, 3.8) is 0 Å². The van der Waals surface area contributed by atoms with Crippen molar-refractivity contribution >= 4 is 16.5 Å². The molecule has 1 aromatic heterocycles. The average Bonchev–Trinajstić information content (AvgIpc) is 2.79. The van der Waals surface area contributed by atoms with Crippen LogP contribution in [-0.2, 0) is 6.42 Å². The van der Waals surface area contributed by atoms with Gasteiger partial charge in [0.2, 0.25) is 5.13 Å². The molecule has 0 saturated carbocycles. The zero-order chi connectivity index (χ0) is 14.8. The highest BCUT2D eigenvalue weighted by Crippen LogP contribution is 2.25. The second-order valence-electron chi connectivity index (χ2n) is 5.11. The van der Waals surface area contributed by atoms with Crippen LogP contribution in [0.25, 0.3) is 0 Å². The summed E-state index contributed by atoms with van der Waals surface area (Å²) in [6.45, 7) is 4.62. The largest absolute Gasteiger partial charge is 0.401 e. The highest BCUT2D eigenvalue weighted by Gasteiger charge is 2.35. The third-order valence-electron chi connectivity index (χ3n) is 3.34. The summed E-state index contributed by atoms with van der Waals surface area (Å²) in [5.74, 6) is 0. The molecule has 1 aliphatic rings. The summed E-state index contributed by atoms with van der Waals surface area (Å²) in [7, 11) is 0. The van der Waals surface area contributed by atoms with Crippen molar-refractivity contribution in [1.82, 2.24) is 15.1 Å². The summed E-state index contributed by atoms with van der Waals surface area (Å²) in [5, 5.41) is 10.1. The van der Waals surface area contributed by atoms with E-state index in [4.69, 9.17) is 0 Å². The molecule has 0 spiro atoms. The summed E-state index contributed by atoms with van der Waals surface area (Å²) in [5.41, 5.74) is 0. The van der Waals surface area contributed by atoms with Gasteiger partial charge in [0.05, 0.1) is 6.54 Å². The van der Waals surface area contributed by atoms with Gasteiger partial charge < -0.3 is 4.90 Å². The van der Waals surface area contributed by atoms with E-state index < -0.39 is 12.7 Å². The monoisotopic (exact) mass is 308 g/mol. The Balaban J connectivity index is 1.94. The molecule has 0 aliphatic carbocycles. The van der Waals surface area contributed by atoms with Crippen LogP contribution in [0.3, 0.4) is 0 Å². The van der Waals surface area contributed by atoms with Crippen molar-refractivity contribution in [2.45, 2.75) is 38.9 Å². The average molecular weight is 308 g/mol. The number of hydrogen-bond donors (Lipinski definition) is 0. The Labute approximate surface area is 120 Å². The van der Waals surface area contributed by atoms with Crippen molar-refractivity contribution in [3.05, 3.63) is 5.01 Å². The number of aromatic nitrogens is 2. The van der Waals surface area contributed by atoms with Gasteiger partial charge in [-0.1, -0.05) is 18.3 Å². The molecule has 1 aliphatic heterocycles. The van der Waals surface area contributed by atoms with Gasteiger partial charge >= 0.3 is 6.18 Å². The van der Waals surface area contributed by atoms with Gasteiger partial charge in [0, 0.05) is 32.1 Å². The molecule has 114 valence electrons. The SMILES string of the molecule is CCCc1nnc(N2CCN(CC(F)(F)F)C(C)C2)s1. The van der Waals surface area contributed by atoms with Crippen LogP contribution in [0.15, 0.2) is 0 Å². The number of nitrogens with zero attached hydrogens (tertiary/aromatic N) is 4. The second-order valence-corrected chi connectivity index (χ2v) is 6.15. The molecule has 1 saturated heterocycles. The van der Waals surface area contributed by atoms with Crippen LogP contribution in [0.4, 0.5) is 18.3 Å². The van der Waals surface area contributed by atoms with Crippen LogP contribution >= 0.6 is 11.3 Å². The number of alkyl halides is 3. The van der Waals surface area contributed by atoms with Crippen LogP contribution < -0.4 is 4.90 Å². The lowest BCUT2D eigenvalue weighted by molar-refractivity contribution is -0.150. The minimum absolute atomic E-state index is 0.135. The quantitative estimate of drug-likeness (QED) is 0.856. The van der Waals surface area contributed by atoms with Crippen molar-refractivity contribution in [1.29, 1.82) is 0 Å². The van der Waals surface area contributed by atoms with E-state index >= 15 is 0 Å². The van der Waals surface area contributed by atoms with E-state index in [9.17, 15) is 13.2 Å². The molecule has 0 aromatic carbocycles. The fourth-order valence-corrected chi connectivity index (χ4v) is 3.30. The molecule has 8 heteroatoms. The van der Waals surface area contributed by atoms with E-state index in [0.29, 0.717) is 19.6 Å². The smallest absolute Gasteiger partial charge is 0.344 e. The van der Waals surface area contributed by atoms with Crippen molar-refractivity contribution in [3.8, 4) is 0 Å². The molecule has 0 N–H and O–H groups in total. The first-order valence-corrected chi connectivity index (χ1v) is 7.59. The number of anilines is 1. The Morgan fingerprint density at radius 2 is 2.05 bits per heavy atom. The van der Waals surface area contributed by atoms with Crippen molar-refractivity contribution < 1.29 is 13.2 Å². The Bertz CT molecular complexity index is 435. The predicted molar refractivity (Wildman–Crippen MR) is 73.2 cm³/mol. The molecule has 0 radical (unpaired) electrons. The van der Waals surface area contributed by atoms with Gasteiger partial charge in [-0.3, -0.25) is 4.90 Å². The predicted octanol–water partition coefficient (Wildman–Crippen LogP) is 2.56. The van der Waals surface area contributed by atoms with Gasteiger partial charge in [0.1, 0.15) is 5.01 Å². The molecule has 0 bridgehead atoms. The first kappa shape index (κ1) is 15.5. The Morgan fingerprint density at radius 1 is 1.30 bits per heavy atom. The molecule has 1 atom stereocenters. The maximum absolute atomic E-state index is 12.4. The lowest BCUT2D eigenvalue weighted by Crippen LogP contribution is -2.54. The molecule has 2 rings (SSSR count). The molecular formula is C12H19F3N4S. The third-order valence-corrected chi connectivity index (χ3v) is 4.38. The standard InChI is InChI=1S/C12H19F3N4S/c1-3-4-10-16-17-11(20-10)18-5-6-19(9(2)7-18)8-12(13,14)15/h9H,3-8H2,1-2H3. The number of piperazine rings is 1. The zero-order valence-electron chi connectivity index (χ0n) is 11.7. The Hall–Kier alpha value is -0.890. The van der Waals surface area contributed by atoms with Gasteiger partial charge in [-0.15, -0.1) is 10.2 Å². The van der Waals surface area contributed by atoms with E-state index in [-0.39, 0.29) is 6.04 Å². The molecule has 20 heavy (non-hydrogen) atoms. The van der Waals surface area contributed by atoms with Gasteiger partial charge in [0.25, 0.3) is 0 Å². The molecule has 4 nitrogen and oxygen atoms in total. The van der Waals surface area contributed by atoms with Crippen LogP contribution in [-0.4, -0.2) is 53.5 Å². The maximum Gasteiger partial charge on any atom is 0.401 e. The summed E-state index contributed by atoms with van der Waals surface area (Å²) >= 11 is 1.54.